The zero-order chi connectivity index (χ0) is 12.0. The van der Waals surface area contributed by atoms with Gasteiger partial charge in [-0.1, -0.05) is 5.57 Å². The van der Waals surface area contributed by atoms with Gasteiger partial charge in [-0.3, -0.25) is 0 Å². The fourth-order valence-corrected chi connectivity index (χ4v) is 1.07. The molecule has 0 rings (SSSR count). The van der Waals surface area contributed by atoms with Gasteiger partial charge in [0, 0.05) is 5.57 Å². The van der Waals surface area contributed by atoms with Gasteiger partial charge in [-0.25, -0.2) is 4.79 Å². The monoisotopic (exact) mass is 216 g/mol. The molecular formula is C11H20O4. The molecule has 0 bridgehead atoms. The molecule has 0 aliphatic rings. The summed E-state index contributed by atoms with van der Waals surface area (Å²) in [5, 5.41) is 18.1. The van der Waals surface area contributed by atoms with E-state index in [1.807, 2.05) is 0 Å². The summed E-state index contributed by atoms with van der Waals surface area (Å²) in [7, 11) is 0. The normalized spacial score (nSPS) is 16.7. The molecule has 0 spiro atoms. The van der Waals surface area contributed by atoms with E-state index in [4.69, 9.17) is 14.9 Å². The SMILES string of the molecule is CC(CC(C)O)=C(C)C(=O)OCC(C)O. The lowest BCUT2D eigenvalue weighted by molar-refractivity contribution is -0.141. The van der Waals surface area contributed by atoms with Crippen LogP contribution in [-0.2, 0) is 9.53 Å². The van der Waals surface area contributed by atoms with Crippen molar-refractivity contribution < 1.29 is 19.7 Å². The lowest BCUT2D eigenvalue weighted by atomic mass is 10.1. The molecule has 0 amide bonds. The Bertz CT molecular complexity index is 241. The van der Waals surface area contributed by atoms with Gasteiger partial charge in [-0.05, 0) is 34.1 Å². The van der Waals surface area contributed by atoms with E-state index in [2.05, 4.69) is 0 Å². The zero-order valence-electron chi connectivity index (χ0n) is 9.78. The lowest BCUT2D eigenvalue weighted by Gasteiger charge is -2.10. The molecule has 2 N–H and O–H groups in total. The Hall–Kier alpha value is -0.870. The molecule has 88 valence electrons. The first-order valence-corrected chi connectivity index (χ1v) is 5.04. The van der Waals surface area contributed by atoms with Crippen molar-refractivity contribution in [1.82, 2.24) is 0 Å². The molecule has 0 radical (unpaired) electrons. The van der Waals surface area contributed by atoms with E-state index in [1.165, 1.54) is 0 Å². The predicted molar refractivity (Wildman–Crippen MR) is 57.3 cm³/mol. The van der Waals surface area contributed by atoms with E-state index in [-0.39, 0.29) is 6.61 Å². The van der Waals surface area contributed by atoms with E-state index in [1.54, 1.807) is 27.7 Å². The predicted octanol–water partition coefficient (Wildman–Crippen LogP) is 1.02. The van der Waals surface area contributed by atoms with Crippen molar-refractivity contribution in [1.29, 1.82) is 0 Å². The summed E-state index contributed by atoms with van der Waals surface area (Å²) in [5.74, 6) is -0.436. The minimum atomic E-state index is -0.654. The first-order valence-electron chi connectivity index (χ1n) is 5.04. The van der Waals surface area contributed by atoms with Crippen molar-refractivity contribution in [2.24, 2.45) is 0 Å². The largest absolute Gasteiger partial charge is 0.460 e. The molecule has 0 aliphatic heterocycles. The Morgan fingerprint density at radius 1 is 1.20 bits per heavy atom. The third-order valence-corrected chi connectivity index (χ3v) is 2.00. The Morgan fingerprint density at radius 2 is 1.73 bits per heavy atom. The maximum atomic E-state index is 11.4. The molecule has 0 aromatic carbocycles. The molecule has 0 aliphatic carbocycles. The Labute approximate surface area is 90.6 Å². The van der Waals surface area contributed by atoms with Gasteiger partial charge >= 0.3 is 5.97 Å². The first-order chi connectivity index (χ1) is 6.84. The third kappa shape index (κ3) is 6.25. The fraction of sp³-hybridized carbons (Fsp3) is 0.727. The summed E-state index contributed by atoms with van der Waals surface area (Å²) in [6, 6.07) is 0. The molecule has 0 fully saturated rings. The Morgan fingerprint density at radius 3 is 2.13 bits per heavy atom. The van der Waals surface area contributed by atoms with Crippen LogP contribution in [0.15, 0.2) is 11.1 Å². The number of aliphatic hydroxyl groups excluding tert-OH is 2. The maximum Gasteiger partial charge on any atom is 0.333 e. The molecule has 0 aromatic rings. The lowest BCUT2D eigenvalue weighted by Crippen LogP contribution is -2.17. The summed E-state index contributed by atoms with van der Waals surface area (Å²) in [6.07, 6.45) is -0.668. The highest BCUT2D eigenvalue weighted by Crippen LogP contribution is 2.11. The third-order valence-electron chi connectivity index (χ3n) is 2.00. The molecule has 15 heavy (non-hydrogen) atoms. The second-order valence-corrected chi connectivity index (χ2v) is 3.91. The first kappa shape index (κ1) is 14.1. The number of hydrogen-bond donors (Lipinski definition) is 2. The zero-order valence-corrected chi connectivity index (χ0v) is 9.78. The highest BCUT2D eigenvalue weighted by atomic mass is 16.5. The second-order valence-electron chi connectivity index (χ2n) is 3.91. The molecule has 0 saturated heterocycles. The van der Waals surface area contributed by atoms with E-state index < -0.39 is 18.2 Å². The molecule has 0 saturated carbocycles. The van der Waals surface area contributed by atoms with Gasteiger partial charge in [-0.15, -0.1) is 0 Å². The molecule has 0 aromatic heterocycles. The summed E-state index contributed by atoms with van der Waals surface area (Å²) < 4.78 is 4.84. The van der Waals surface area contributed by atoms with Gasteiger partial charge in [-0.2, -0.15) is 0 Å². The fourth-order valence-electron chi connectivity index (χ4n) is 1.07. The Kier molecular flexibility index (Phi) is 6.20. The quantitative estimate of drug-likeness (QED) is 0.532. The smallest absolute Gasteiger partial charge is 0.333 e. The van der Waals surface area contributed by atoms with Crippen LogP contribution in [-0.4, -0.2) is 35.0 Å². The highest BCUT2D eigenvalue weighted by molar-refractivity contribution is 5.88. The average molecular weight is 216 g/mol. The van der Waals surface area contributed by atoms with Crippen LogP contribution in [0.4, 0.5) is 0 Å². The topological polar surface area (TPSA) is 66.8 Å². The van der Waals surface area contributed by atoms with Crippen LogP contribution in [0.5, 0.6) is 0 Å². The standard InChI is InChI=1S/C11H20O4/c1-7(5-8(2)12)10(4)11(14)15-6-9(3)13/h8-9,12-13H,5-6H2,1-4H3. The number of ether oxygens (including phenoxy) is 1. The van der Waals surface area contributed by atoms with E-state index >= 15 is 0 Å². The van der Waals surface area contributed by atoms with Gasteiger partial charge in [0.15, 0.2) is 0 Å². The summed E-state index contributed by atoms with van der Waals surface area (Å²) in [4.78, 5) is 11.4. The Balaban J connectivity index is 4.28. The molecule has 2 atom stereocenters. The number of carbonyl (C=O) groups is 1. The van der Waals surface area contributed by atoms with Crippen LogP contribution in [0.2, 0.25) is 0 Å². The van der Waals surface area contributed by atoms with Gasteiger partial charge in [0.2, 0.25) is 0 Å². The molecule has 0 heterocycles. The minimum Gasteiger partial charge on any atom is -0.460 e. The van der Waals surface area contributed by atoms with Crippen molar-refractivity contribution in [3.63, 3.8) is 0 Å². The number of esters is 1. The number of hydrogen-bond acceptors (Lipinski definition) is 4. The molecule has 4 nitrogen and oxygen atoms in total. The van der Waals surface area contributed by atoms with Crippen molar-refractivity contribution in [2.45, 2.75) is 46.3 Å². The van der Waals surface area contributed by atoms with Gasteiger partial charge in [0.05, 0.1) is 12.2 Å². The van der Waals surface area contributed by atoms with Crippen LogP contribution in [0.25, 0.3) is 0 Å². The van der Waals surface area contributed by atoms with E-state index in [9.17, 15) is 4.79 Å². The van der Waals surface area contributed by atoms with Crippen LogP contribution in [0, 0.1) is 0 Å². The van der Waals surface area contributed by atoms with Crippen molar-refractivity contribution >= 4 is 5.97 Å². The van der Waals surface area contributed by atoms with E-state index in [0.717, 1.165) is 5.57 Å². The van der Waals surface area contributed by atoms with Crippen LogP contribution < -0.4 is 0 Å². The van der Waals surface area contributed by atoms with Gasteiger partial charge in [0.25, 0.3) is 0 Å². The van der Waals surface area contributed by atoms with Crippen molar-refractivity contribution in [3.8, 4) is 0 Å². The molecule has 4 heteroatoms. The molecular weight excluding hydrogens is 196 g/mol. The van der Waals surface area contributed by atoms with Gasteiger partial charge < -0.3 is 14.9 Å². The summed E-state index contributed by atoms with van der Waals surface area (Å²) in [6.45, 7) is 6.65. The summed E-state index contributed by atoms with van der Waals surface area (Å²) in [5.41, 5.74) is 1.30. The second kappa shape index (κ2) is 6.58. The van der Waals surface area contributed by atoms with Gasteiger partial charge in [0.1, 0.15) is 6.61 Å². The minimum absolute atomic E-state index is 0.00185. The number of rotatable bonds is 5. The maximum absolute atomic E-state index is 11.4. The average Bonchev–Trinajstić information content (AvgIpc) is 2.11. The highest BCUT2D eigenvalue weighted by Gasteiger charge is 2.11. The van der Waals surface area contributed by atoms with Crippen LogP contribution >= 0.6 is 0 Å². The van der Waals surface area contributed by atoms with E-state index in [0.29, 0.717) is 12.0 Å². The number of carbonyl (C=O) groups excluding carboxylic acids is 1. The van der Waals surface area contributed by atoms with Crippen molar-refractivity contribution in [3.05, 3.63) is 11.1 Å². The summed E-state index contributed by atoms with van der Waals surface area (Å²) >= 11 is 0. The van der Waals surface area contributed by atoms with Crippen LogP contribution in [0.1, 0.15) is 34.1 Å². The molecule has 2 unspecified atom stereocenters. The van der Waals surface area contributed by atoms with Crippen molar-refractivity contribution in [2.75, 3.05) is 6.61 Å². The number of aliphatic hydroxyl groups is 2. The van der Waals surface area contributed by atoms with Crippen LogP contribution in [0.3, 0.4) is 0 Å².